The monoisotopic (exact) mass is 311 g/mol. The number of aryl methyl sites for hydroxylation is 1. The van der Waals surface area contributed by atoms with Crippen molar-refractivity contribution < 1.29 is 14.6 Å². The van der Waals surface area contributed by atoms with Gasteiger partial charge in [-0.15, -0.1) is 0 Å². The van der Waals surface area contributed by atoms with Gasteiger partial charge in [-0.1, -0.05) is 24.3 Å². The number of hydrogen-bond acceptors (Lipinski definition) is 3. The zero-order chi connectivity index (χ0) is 16.2. The van der Waals surface area contributed by atoms with Crippen LogP contribution in [0.2, 0.25) is 0 Å². The second-order valence-electron chi connectivity index (χ2n) is 5.15. The van der Waals surface area contributed by atoms with Crippen LogP contribution in [0.15, 0.2) is 54.9 Å². The van der Waals surface area contributed by atoms with E-state index in [4.69, 9.17) is 4.74 Å². The summed E-state index contributed by atoms with van der Waals surface area (Å²) in [6.45, 7) is 2.42. The number of amides is 1. The van der Waals surface area contributed by atoms with E-state index in [1.54, 1.807) is 0 Å². The highest BCUT2D eigenvalue weighted by atomic mass is 16.5. The van der Waals surface area contributed by atoms with Crippen LogP contribution in [0.1, 0.15) is 5.56 Å². The van der Waals surface area contributed by atoms with Gasteiger partial charge < -0.3 is 9.84 Å². The zero-order valence-electron chi connectivity index (χ0n) is 12.7. The van der Waals surface area contributed by atoms with Crippen molar-refractivity contribution in [1.29, 1.82) is 0 Å². The van der Waals surface area contributed by atoms with Crippen molar-refractivity contribution in [3.8, 4) is 5.75 Å². The van der Waals surface area contributed by atoms with Crippen LogP contribution >= 0.6 is 0 Å². The quantitative estimate of drug-likeness (QED) is 0.786. The summed E-state index contributed by atoms with van der Waals surface area (Å²) in [5.41, 5.74) is 2.59. The van der Waals surface area contributed by atoms with E-state index >= 15 is 0 Å². The summed E-state index contributed by atoms with van der Waals surface area (Å²) in [6, 6.07) is 15.0. The zero-order valence-corrected chi connectivity index (χ0v) is 12.7. The number of nitrogens with zero attached hydrogens (tertiary/aromatic N) is 3. The third kappa shape index (κ3) is 3.26. The Morgan fingerprint density at radius 1 is 1.26 bits per heavy atom. The van der Waals surface area contributed by atoms with Crippen LogP contribution in [-0.2, 0) is 0 Å². The smallest absolute Gasteiger partial charge is 0.426 e. The van der Waals surface area contributed by atoms with Gasteiger partial charge in [0.15, 0.2) is 0 Å². The summed E-state index contributed by atoms with van der Waals surface area (Å²) in [5.74, 6) is 0.712. The first-order chi connectivity index (χ1) is 11.1. The SMILES string of the molecule is Cc1ccc2c(c1)ncn2N(CCOc1ccccc1)C(=O)O. The number of carboxylic acid groups (broad SMARTS) is 1. The highest BCUT2D eigenvalue weighted by Gasteiger charge is 2.16. The Bertz CT molecular complexity index is 814. The molecule has 1 aromatic heterocycles. The van der Waals surface area contributed by atoms with Crippen LogP contribution in [0, 0.1) is 6.92 Å². The number of hydrogen-bond donors (Lipinski definition) is 1. The van der Waals surface area contributed by atoms with Gasteiger partial charge in [0.05, 0.1) is 17.6 Å². The maximum absolute atomic E-state index is 11.6. The molecule has 0 spiro atoms. The van der Waals surface area contributed by atoms with Crippen molar-refractivity contribution in [2.75, 3.05) is 18.2 Å². The second-order valence-corrected chi connectivity index (χ2v) is 5.15. The number of imidazole rings is 1. The molecular weight excluding hydrogens is 294 g/mol. The van der Waals surface area contributed by atoms with E-state index in [1.807, 2.05) is 55.5 Å². The number of fused-ring (bicyclic) bond motifs is 1. The molecule has 0 aliphatic rings. The molecule has 3 rings (SSSR count). The lowest BCUT2D eigenvalue weighted by Crippen LogP contribution is -2.41. The van der Waals surface area contributed by atoms with E-state index in [0.29, 0.717) is 5.75 Å². The van der Waals surface area contributed by atoms with E-state index in [-0.39, 0.29) is 13.2 Å². The number of ether oxygens (including phenoxy) is 1. The number of carbonyl (C=O) groups is 1. The Balaban J connectivity index is 1.77. The lowest BCUT2D eigenvalue weighted by molar-refractivity contribution is 0.191. The Morgan fingerprint density at radius 3 is 2.78 bits per heavy atom. The molecule has 0 bridgehead atoms. The fourth-order valence-electron chi connectivity index (χ4n) is 2.36. The van der Waals surface area contributed by atoms with Crippen molar-refractivity contribution in [3.05, 3.63) is 60.4 Å². The average molecular weight is 311 g/mol. The molecule has 0 aliphatic carbocycles. The van der Waals surface area contributed by atoms with Gasteiger partial charge in [0, 0.05) is 0 Å². The van der Waals surface area contributed by atoms with Gasteiger partial charge in [0.2, 0.25) is 0 Å². The number of benzene rings is 2. The maximum atomic E-state index is 11.6. The van der Waals surface area contributed by atoms with E-state index < -0.39 is 6.09 Å². The predicted molar refractivity (Wildman–Crippen MR) is 87.5 cm³/mol. The van der Waals surface area contributed by atoms with Crippen LogP contribution in [0.4, 0.5) is 4.79 Å². The molecule has 6 heteroatoms. The Kier molecular flexibility index (Phi) is 4.14. The topological polar surface area (TPSA) is 67.6 Å². The Hall–Kier alpha value is -3.02. The second kappa shape index (κ2) is 6.39. The van der Waals surface area contributed by atoms with E-state index in [1.165, 1.54) is 16.0 Å². The molecule has 2 aromatic carbocycles. The van der Waals surface area contributed by atoms with Crippen LogP contribution < -0.4 is 9.75 Å². The van der Waals surface area contributed by atoms with Crippen molar-refractivity contribution in [3.63, 3.8) is 0 Å². The first kappa shape index (κ1) is 14.9. The van der Waals surface area contributed by atoms with Gasteiger partial charge >= 0.3 is 6.09 Å². The molecule has 0 saturated heterocycles. The summed E-state index contributed by atoms with van der Waals surface area (Å²) >= 11 is 0. The van der Waals surface area contributed by atoms with Gasteiger partial charge in [-0.3, -0.25) is 0 Å². The van der Waals surface area contributed by atoms with Gasteiger partial charge in [-0.25, -0.2) is 19.5 Å². The molecule has 0 unspecified atom stereocenters. The molecule has 23 heavy (non-hydrogen) atoms. The van der Waals surface area contributed by atoms with Crippen LogP contribution in [-0.4, -0.2) is 34.0 Å². The molecule has 0 aliphatic heterocycles. The van der Waals surface area contributed by atoms with E-state index in [9.17, 15) is 9.90 Å². The molecule has 1 amide bonds. The highest BCUT2D eigenvalue weighted by molar-refractivity contribution is 5.82. The Morgan fingerprint density at radius 2 is 2.04 bits per heavy atom. The largest absolute Gasteiger partial charge is 0.492 e. The molecule has 118 valence electrons. The maximum Gasteiger partial charge on any atom is 0.426 e. The van der Waals surface area contributed by atoms with Crippen LogP contribution in [0.25, 0.3) is 11.0 Å². The Labute approximate surface area is 133 Å². The van der Waals surface area contributed by atoms with Crippen LogP contribution in [0.5, 0.6) is 5.75 Å². The fraction of sp³-hybridized carbons (Fsp3) is 0.176. The molecule has 1 N–H and O–H groups in total. The highest BCUT2D eigenvalue weighted by Crippen LogP contribution is 2.15. The minimum Gasteiger partial charge on any atom is -0.492 e. The average Bonchev–Trinajstić information content (AvgIpc) is 2.95. The minimum atomic E-state index is -1.05. The lowest BCUT2D eigenvalue weighted by atomic mass is 10.2. The molecule has 3 aromatic rings. The molecule has 0 atom stereocenters. The fourth-order valence-corrected chi connectivity index (χ4v) is 2.36. The van der Waals surface area contributed by atoms with E-state index in [0.717, 1.165) is 16.6 Å². The number of para-hydroxylation sites is 1. The van der Waals surface area contributed by atoms with Crippen molar-refractivity contribution >= 4 is 17.1 Å². The minimum absolute atomic E-state index is 0.198. The summed E-state index contributed by atoms with van der Waals surface area (Å²) in [4.78, 5) is 15.8. The van der Waals surface area contributed by atoms with Gasteiger partial charge in [-0.2, -0.15) is 0 Å². The molecule has 6 nitrogen and oxygen atoms in total. The van der Waals surface area contributed by atoms with Crippen molar-refractivity contribution in [2.24, 2.45) is 0 Å². The first-order valence-corrected chi connectivity index (χ1v) is 7.27. The van der Waals surface area contributed by atoms with Crippen LogP contribution in [0.3, 0.4) is 0 Å². The number of rotatable bonds is 5. The first-order valence-electron chi connectivity index (χ1n) is 7.27. The predicted octanol–water partition coefficient (Wildman–Crippen LogP) is 3.04. The van der Waals surface area contributed by atoms with Gasteiger partial charge in [0.1, 0.15) is 18.7 Å². The molecule has 0 fully saturated rings. The van der Waals surface area contributed by atoms with Gasteiger partial charge in [0.25, 0.3) is 0 Å². The summed E-state index contributed by atoms with van der Waals surface area (Å²) in [6.07, 6.45) is 0.460. The molecular formula is C17H17N3O3. The number of aromatic nitrogens is 2. The molecule has 0 radical (unpaired) electrons. The third-order valence-electron chi connectivity index (χ3n) is 3.48. The van der Waals surface area contributed by atoms with Gasteiger partial charge in [-0.05, 0) is 36.8 Å². The normalized spacial score (nSPS) is 10.7. The van der Waals surface area contributed by atoms with Crippen molar-refractivity contribution in [2.45, 2.75) is 6.92 Å². The third-order valence-corrected chi connectivity index (χ3v) is 3.48. The summed E-state index contributed by atoms with van der Waals surface area (Å²) in [5, 5.41) is 10.7. The molecule has 1 heterocycles. The van der Waals surface area contributed by atoms with Crippen molar-refractivity contribution in [1.82, 2.24) is 9.66 Å². The summed E-state index contributed by atoms with van der Waals surface area (Å²) < 4.78 is 7.11. The molecule has 0 saturated carbocycles. The lowest BCUT2D eigenvalue weighted by Gasteiger charge is -2.21. The standard InChI is InChI=1S/C17H17N3O3/c1-13-7-8-16-15(11-13)18-12-20(16)19(17(21)22)9-10-23-14-5-3-2-4-6-14/h2-8,11-12H,9-10H2,1H3,(H,21,22). The summed E-state index contributed by atoms with van der Waals surface area (Å²) in [7, 11) is 0. The van der Waals surface area contributed by atoms with E-state index in [2.05, 4.69) is 4.98 Å².